The smallest absolute Gasteiger partial charge is 0.00925 e. The summed E-state index contributed by atoms with van der Waals surface area (Å²) in [5, 5.41) is 0. The van der Waals surface area contributed by atoms with Crippen molar-refractivity contribution in [1.29, 1.82) is 0 Å². The Kier molecular flexibility index (Phi) is 5.94. The van der Waals surface area contributed by atoms with Crippen LogP contribution in [0.4, 0.5) is 0 Å². The highest BCUT2D eigenvalue weighted by atomic mass is 15.1. The molecule has 2 atom stereocenters. The highest BCUT2D eigenvalue weighted by Gasteiger charge is 2.25. The lowest BCUT2D eigenvalue weighted by molar-refractivity contribution is 0.151. The maximum Gasteiger partial charge on any atom is 0.00925 e. The van der Waals surface area contributed by atoms with Crippen molar-refractivity contribution in [3.05, 3.63) is 0 Å². The second-order valence-electron chi connectivity index (χ2n) is 6.72. The fraction of sp³-hybridized carbons (Fsp3) is 1.00. The average molecular weight is 240 g/mol. The molecular weight excluding hydrogens is 208 g/mol. The summed E-state index contributed by atoms with van der Waals surface area (Å²) in [6.45, 7) is 8.79. The topological polar surface area (TPSA) is 29.3 Å². The van der Waals surface area contributed by atoms with Gasteiger partial charge in [-0.05, 0) is 44.2 Å². The van der Waals surface area contributed by atoms with Crippen LogP contribution >= 0.6 is 0 Å². The van der Waals surface area contributed by atoms with Crippen molar-refractivity contribution in [3.8, 4) is 0 Å². The minimum Gasteiger partial charge on any atom is -0.330 e. The number of hydrogen-bond donors (Lipinski definition) is 1. The molecule has 0 amide bonds. The molecule has 0 aromatic heterocycles. The molecule has 2 nitrogen and oxygen atoms in total. The molecule has 0 saturated heterocycles. The van der Waals surface area contributed by atoms with Gasteiger partial charge >= 0.3 is 0 Å². The largest absolute Gasteiger partial charge is 0.330 e. The van der Waals surface area contributed by atoms with Gasteiger partial charge in [-0.15, -0.1) is 0 Å². The molecule has 2 N–H and O–H groups in total. The Morgan fingerprint density at radius 1 is 1.18 bits per heavy atom. The van der Waals surface area contributed by atoms with Gasteiger partial charge in [0.2, 0.25) is 0 Å². The van der Waals surface area contributed by atoms with Crippen LogP contribution in [0.15, 0.2) is 0 Å². The van der Waals surface area contributed by atoms with Gasteiger partial charge in [0.15, 0.2) is 0 Å². The Bertz CT molecular complexity index is 213. The van der Waals surface area contributed by atoms with Gasteiger partial charge in [0.05, 0.1) is 0 Å². The molecule has 1 aliphatic carbocycles. The third kappa shape index (κ3) is 4.97. The highest BCUT2D eigenvalue weighted by molar-refractivity contribution is 4.80. The lowest BCUT2D eigenvalue weighted by Crippen LogP contribution is -2.41. The molecule has 1 rings (SSSR count). The molecular formula is C15H32N2. The molecule has 0 spiro atoms. The SMILES string of the molecule is CCC1CCCC(N(C)CC(C)(C)CN)CC1. The summed E-state index contributed by atoms with van der Waals surface area (Å²) < 4.78 is 0. The van der Waals surface area contributed by atoms with E-state index >= 15 is 0 Å². The molecule has 17 heavy (non-hydrogen) atoms. The summed E-state index contributed by atoms with van der Waals surface area (Å²) in [5.41, 5.74) is 6.09. The first-order chi connectivity index (χ1) is 7.98. The summed E-state index contributed by atoms with van der Waals surface area (Å²) in [6, 6.07) is 0.789. The van der Waals surface area contributed by atoms with Gasteiger partial charge in [0.25, 0.3) is 0 Å². The van der Waals surface area contributed by atoms with Gasteiger partial charge in [0.1, 0.15) is 0 Å². The van der Waals surface area contributed by atoms with Crippen molar-refractivity contribution < 1.29 is 0 Å². The van der Waals surface area contributed by atoms with Gasteiger partial charge in [-0.3, -0.25) is 0 Å². The lowest BCUT2D eigenvalue weighted by Gasteiger charge is -2.34. The average Bonchev–Trinajstić information content (AvgIpc) is 2.53. The third-order valence-corrected chi connectivity index (χ3v) is 4.49. The van der Waals surface area contributed by atoms with Crippen LogP contribution < -0.4 is 5.73 Å². The van der Waals surface area contributed by atoms with Crippen LogP contribution in [-0.2, 0) is 0 Å². The molecule has 1 saturated carbocycles. The van der Waals surface area contributed by atoms with Crippen molar-refractivity contribution in [3.63, 3.8) is 0 Å². The molecule has 1 fully saturated rings. The van der Waals surface area contributed by atoms with E-state index in [0.29, 0.717) is 0 Å². The normalized spacial score (nSPS) is 27.2. The van der Waals surface area contributed by atoms with Crippen LogP contribution in [-0.4, -0.2) is 31.1 Å². The van der Waals surface area contributed by atoms with Gasteiger partial charge in [-0.1, -0.05) is 40.0 Å². The predicted molar refractivity (Wildman–Crippen MR) is 76.1 cm³/mol. The Balaban J connectivity index is 2.44. The van der Waals surface area contributed by atoms with E-state index in [1.165, 1.54) is 38.5 Å². The summed E-state index contributed by atoms with van der Waals surface area (Å²) in [4.78, 5) is 2.56. The monoisotopic (exact) mass is 240 g/mol. The van der Waals surface area contributed by atoms with Crippen LogP contribution in [0.2, 0.25) is 0 Å². The zero-order valence-electron chi connectivity index (χ0n) is 12.3. The van der Waals surface area contributed by atoms with E-state index in [2.05, 4.69) is 32.7 Å². The molecule has 0 radical (unpaired) electrons. The fourth-order valence-electron chi connectivity index (χ4n) is 3.08. The number of hydrogen-bond acceptors (Lipinski definition) is 2. The highest BCUT2D eigenvalue weighted by Crippen LogP contribution is 2.28. The predicted octanol–water partition coefficient (Wildman–Crippen LogP) is 3.26. The fourth-order valence-corrected chi connectivity index (χ4v) is 3.08. The third-order valence-electron chi connectivity index (χ3n) is 4.49. The van der Waals surface area contributed by atoms with Gasteiger partial charge in [-0.2, -0.15) is 0 Å². The molecule has 0 aliphatic heterocycles. The maximum atomic E-state index is 5.83. The first kappa shape index (κ1) is 15.0. The second kappa shape index (κ2) is 6.75. The van der Waals surface area contributed by atoms with Crippen LogP contribution in [0.5, 0.6) is 0 Å². The Morgan fingerprint density at radius 3 is 2.47 bits per heavy atom. The van der Waals surface area contributed by atoms with Crippen molar-refractivity contribution in [1.82, 2.24) is 4.90 Å². The summed E-state index contributed by atoms with van der Waals surface area (Å²) in [7, 11) is 2.29. The van der Waals surface area contributed by atoms with E-state index < -0.39 is 0 Å². The molecule has 102 valence electrons. The van der Waals surface area contributed by atoms with E-state index in [-0.39, 0.29) is 5.41 Å². The van der Waals surface area contributed by atoms with Gasteiger partial charge in [-0.25, -0.2) is 0 Å². The van der Waals surface area contributed by atoms with E-state index in [9.17, 15) is 0 Å². The molecule has 0 bridgehead atoms. The number of nitrogens with two attached hydrogens (primary N) is 1. The van der Waals surface area contributed by atoms with E-state index in [1.54, 1.807) is 0 Å². The standard InChI is InChI=1S/C15H32N2/c1-5-13-7-6-8-14(10-9-13)17(4)12-15(2,3)11-16/h13-14H,5-12,16H2,1-4H3. The van der Waals surface area contributed by atoms with Crippen LogP contribution in [0.3, 0.4) is 0 Å². The van der Waals surface area contributed by atoms with Crippen LogP contribution in [0.25, 0.3) is 0 Å². The molecule has 0 aromatic rings. The Labute approximate surface area is 108 Å². The summed E-state index contributed by atoms with van der Waals surface area (Å²) in [6.07, 6.45) is 8.42. The lowest BCUT2D eigenvalue weighted by atomic mass is 9.92. The second-order valence-corrected chi connectivity index (χ2v) is 6.72. The molecule has 1 aliphatic rings. The van der Waals surface area contributed by atoms with Gasteiger partial charge < -0.3 is 10.6 Å². The zero-order chi connectivity index (χ0) is 12.9. The first-order valence-electron chi connectivity index (χ1n) is 7.39. The minimum atomic E-state index is 0.255. The van der Waals surface area contributed by atoms with E-state index in [4.69, 9.17) is 5.73 Å². The van der Waals surface area contributed by atoms with Crippen molar-refractivity contribution in [2.24, 2.45) is 17.1 Å². The van der Waals surface area contributed by atoms with Crippen molar-refractivity contribution in [2.75, 3.05) is 20.1 Å². The molecule has 2 heteroatoms. The van der Waals surface area contributed by atoms with E-state index in [1.807, 2.05) is 0 Å². The van der Waals surface area contributed by atoms with Gasteiger partial charge in [0, 0.05) is 12.6 Å². The number of rotatable bonds is 5. The first-order valence-corrected chi connectivity index (χ1v) is 7.39. The molecule has 0 heterocycles. The maximum absolute atomic E-state index is 5.83. The Hall–Kier alpha value is -0.0800. The summed E-state index contributed by atoms with van der Waals surface area (Å²) in [5.74, 6) is 0.982. The zero-order valence-corrected chi connectivity index (χ0v) is 12.3. The molecule has 2 unspecified atom stereocenters. The van der Waals surface area contributed by atoms with Crippen LogP contribution in [0.1, 0.15) is 59.3 Å². The Morgan fingerprint density at radius 2 is 1.88 bits per heavy atom. The van der Waals surface area contributed by atoms with Crippen molar-refractivity contribution in [2.45, 2.75) is 65.3 Å². The van der Waals surface area contributed by atoms with E-state index in [0.717, 1.165) is 25.0 Å². The quantitative estimate of drug-likeness (QED) is 0.747. The number of nitrogens with zero attached hydrogens (tertiary/aromatic N) is 1. The van der Waals surface area contributed by atoms with Crippen LogP contribution in [0, 0.1) is 11.3 Å². The summed E-state index contributed by atoms with van der Waals surface area (Å²) >= 11 is 0. The van der Waals surface area contributed by atoms with Crippen molar-refractivity contribution >= 4 is 0 Å². The minimum absolute atomic E-state index is 0.255. The molecule has 0 aromatic carbocycles.